The van der Waals surface area contributed by atoms with Crippen molar-refractivity contribution in [3.63, 3.8) is 0 Å². The van der Waals surface area contributed by atoms with Gasteiger partial charge in [0.25, 0.3) is 0 Å². The van der Waals surface area contributed by atoms with Crippen molar-refractivity contribution in [1.29, 1.82) is 0 Å². The molecule has 0 radical (unpaired) electrons. The van der Waals surface area contributed by atoms with Crippen molar-refractivity contribution < 1.29 is 34.8 Å². The third-order valence-corrected chi connectivity index (χ3v) is 5.38. The van der Waals surface area contributed by atoms with Gasteiger partial charge in [-0.25, -0.2) is 8.42 Å². The molecule has 138 valence electrons. The number of benzene rings is 2. The highest BCUT2D eigenvalue weighted by atomic mass is 32.2. The molecule has 2 aromatic rings. The number of rotatable bonds is 1. The van der Waals surface area contributed by atoms with Crippen LogP contribution in [0.1, 0.15) is 16.7 Å². The van der Waals surface area contributed by atoms with Crippen LogP contribution in [0.25, 0.3) is 0 Å². The third kappa shape index (κ3) is 3.46. The fourth-order valence-electron chi connectivity index (χ4n) is 2.56. The molecule has 0 fully saturated rings. The zero-order valence-corrected chi connectivity index (χ0v) is 13.5. The lowest BCUT2D eigenvalue weighted by molar-refractivity contribution is -0.143. The summed E-state index contributed by atoms with van der Waals surface area (Å²) in [7, 11) is -3.73. The molecule has 0 spiro atoms. The Labute approximate surface area is 143 Å². The van der Waals surface area contributed by atoms with Crippen LogP contribution >= 0.6 is 0 Å². The lowest BCUT2D eigenvalue weighted by atomic mass is 10.1. The molecular formula is C16H9F6NO2S. The second-order valence-corrected chi connectivity index (χ2v) is 7.54. The first-order valence-corrected chi connectivity index (χ1v) is 8.72. The van der Waals surface area contributed by atoms with Gasteiger partial charge in [0, 0.05) is 5.56 Å². The molecule has 0 unspecified atom stereocenters. The SMILES string of the molecule is O=S1(=O)CC(=Nc2cc(C(F)(F)F)cc(C(F)(F)F)c2)c2ccccc21. The Morgan fingerprint density at radius 3 is 1.92 bits per heavy atom. The van der Waals surface area contributed by atoms with Crippen LogP contribution in [-0.2, 0) is 22.2 Å². The molecule has 0 aromatic heterocycles. The summed E-state index contributed by atoms with van der Waals surface area (Å²) in [6.07, 6.45) is -10.0. The van der Waals surface area contributed by atoms with Crippen LogP contribution in [0.4, 0.5) is 32.0 Å². The molecular weight excluding hydrogens is 384 g/mol. The maximum atomic E-state index is 12.9. The van der Waals surface area contributed by atoms with E-state index in [1.54, 1.807) is 0 Å². The fourth-order valence-corrected chi connectivity index (χ4v) is 4.11. The molecule has 0 saturated heterocycles. The second kappa shape index (κ2) is 5.83. The number of sulfone groups is 1. The summed E-state index contributed by atoms with van der Waals surface area (Å²) >= 11 is 0. The number of fused-ring (bicyclic) bond motifs is 1. The average molecular weight is 393 g/mol. The molecule has 3 nitrogen and oxygen atoms in total. The number of halogens is 6. The molecule has 0 amide bonds. The quantitative estimate of drug-likeness (QED) is 0.663. The Morgan fingerprint density at radius 1 is 0.846 bits per heavy atom. The van der Waals surface area contributed by atoms with Crippen molar-refractivity contribution in [1.82, 2.24) is 0 Å². The Hall–Kier alpha value is -2.36. The van der Waals surface area contributed by atoms with E-state index >= 15 is 0 Å². The van der Waals surface area contributed by atoms with Crippen LogP contribution in [0, 0.1) is 0 Å². The molecule has 0 atom stereocenters. The van der Waals surface area contributed by atoms with E-state index in [0.717, 1.165) is 0 Å². The van der Waals surface area contributed by atoms with Gasteiger partial charge >= 0.3 is 12.4 Å². The first-order valence-electron chi connectivity index (χ1n) is 7.07. The van der Waals surface area contributed by atoms with Gasteiger partial charge in [0.1, 0.15) is 0 Å². The van der Waals surface area contributed by atoms with E-state index in [0.29, 0.717) is 12.1 Å². The Balaban J connectivity index is 2.18. The van der Waals surface area contributed by atoms with Crippen molar-refractivity contribution in [3.8, 4) is 0 Å². The number of hydrogen-bond donors (Lipinski definition) is 0. The standard InChI is InChI=1S/C16H9F6NO2S/c17-15(18,19)9-5-10(16(20,21)22)7-11(6-9)23-13-8-26(24,25)14-4-2-1-3-12(13)14/h1-7H,8H2. The highest BCUT2D eigenvalue weighted by Gasteiger charge is 2.37. The Bertz CT molecular complexity index is 974. The third-order valence-electron chi connectivity index (χ3n) is 3.70. The predicted molar refractivity (Wildman–Crippen MR) is 81.1 cm³/mol. The van der Waals surface area contributed by atoms with Crippen LogP contribution in [0.3, 0.4) is 0 Å². The molecule has 0 N–H and O–H groups in total. The summed E-state index contributed by atoms with van der Waals surface area (Å²) in [5.74, 6) is -0.593. The molecule has 1 aliphatic heterocycles. The van der Waals surface area contributed by atoms with Crippen molar-refractivity contribution in [2.45, 2.75) is 17.2 Å². The molecule has 2 aromatic carbocycles. The van der Waals surface area contributed by atoms with Gasteiger partial charge in [-0.15, -0.1) is 0 Å². The van der Waals surface area contributed by atoms with E-state index in [9.17, 15) is 34.8 Å². The van der Waals surface area contributed by atoms with Crippen molar-refractivity contribution >= 4 is 21.2 Å². The smallest absolute Gasteiger partial charge is 0.252 e. The van der Waals surface area contributed by atoms with Crippen molar-refractivity contribution in [2.24, 2.45) is 4.99 Å². The number of nitrogens with zero attached hydrogens (tertiary/aromatic N) is 1. The minimum absolute atomic E-state index is 0.0109. The molecule has 0 aliphatic carbocycles. The van der Waals surface area contributed by atoms with Crippen LogP contribution in [0.2, 0.25) is 0 Å². The summed E-state index contributed by atoms with van der Waals surface area (Å²) < 4.78 is 102. The Morgan fingerprint density at radius 2 is 1.38 bits per heavy atom. The van der Waals surface area contributed by atoms with Crippen molar-refractivity contribution in [3.05, 3.63) is 59.2 Å². The van der Waals surface area contributed by atoms with Gasteiger partial charge in [0.2, 0.25) is 0 Å². The molecule has 26 heavy (non-hydrogen) atoms. The molecule has 1 aliphatic rings. The summed E-state index contributed by atoms with van der Waals surface area (Å²) in [6.45, 7) is 0. The highest BCUT2D eigenvalue weighted by Crippen LogP contribution is 2.39. The number of hydrogen-bond acceptors (Lipinski definition) is 3. The van der Waals surface area contributed by atoms with E-state index in [1.165, 1.54) is 24.3 Å². The molecule has 0 saturated carbocycles. The monoisotopic (exact) mass is 393 g/mol. The van der Waals surface area contributed by atoms with E-state index < -0.39 is 44.8 Å². The maximum absolute atomic E-state index is 12.9. The minimum Gasteiger partial charge on any atom is -0.252 e. The fraction of sp³-hybridized carbons (Fsp3) is 0.188. The predicted octanol–water partition coefficient (Wildman–Crippen LogP) is 4.63. The highest BCUT2D eigenvalue weighted by molar-refractivity contribution is 7.92. The summed E-state index contributed by atoms with van der Waals surface area (Å²) in [6, 6.07) is 6.57. The van der Waals surface area contributed by atoms with E-state index in [2.05, 4.69) is 4.99 Å². The lowest BCUT2D eigenvalue weighted by Gasteiger charge is -2.13. The number of alkyl halides is 6. The minimum atomic E-state index is -5.00. The van der Waals surface area contributed by atoms with Gasteiger partial charge in [0.15, 0.2) is 9.84 Å². The zero-order valence-electron chi connectivity index (χ0n) is 12.7. The van der Waals surface area contributed by atoms with Gasteiger partial charge in [0.05, 0.1) is 33.2 Å². The molecule has 0 bridgehead atoms. The average Bonchev–Trinajstić information content (AvgIpc) is 2.77. The first kappa shape index (κ1) is 18.4. The van der Waals surface area contributed by atoms with Crippen molar-refractivity contribution in [2.75, 3.05) is 5.75 Å². The molecule has 1 heterocycles. The lowest BCUT2D eigenvalue weighted by Crippen LogP contribution is -2.11. The van der Waals surface area contributed by atoms with Gasteiger partial charge in [-0.3, -0.25) is 4.99 Å². The van der Waals surface area contributed by atoms with E-state index in [4.69, 9.17) is 0 Å². The van der Waals surface area contributed by atoms with Crippen LogP contribution in [0.15, 0.2) is 52.4 Å². The Kier molecular flexibility index (Phi) is 4.13. The van der Waals surface area contributed by atoms with Gasteiger partial charge in [-0.2, -0.15) is 26.3 Å². The van der Waals surface area contributed by atoms with E-state index in [-0.39, 0.29) is 22.2 Å². The van der Waals surface area contributed by atoms with Gasteiger partial charge in [-0.1, -0.05) is 18.2 Å². The van der Waals surface area contributed by atoms with Crippen LogP contribution in [-0.4, -0.2) is 19.9 Å². The maximum Gasteiger partial charge on any atom is 0.416 e. The first-order chi connectivity index (χ1) is 11.9. The number of aliphatic imine (C=N–C) groups is 1. The van der Waals surface area contributed by atoms with Crippen LogP contribution < -0.4 is 0 Å². The molecule has 10 heteroatoms. The largest absolute Gasteiger partial charge is 0.416 e. The topological polar surface area (TPSA) is 46.5 Å². The van der Waals surface area contributed by atoms with Gasteiger partial charge in [-0.05, 0) is 24.3 Å². The summed E-state index contributed by atoms with van der Waals surface area (Å²) in [5, 5.41) is 0. The van der Waals surface area contributed by atoms with Crippen LogP contribution in [0.5, 0.6) is 0 Å². The summed E-state index contributed by atoms with van der Waals surface area (Å²) in [5.41, 5.74) is -3.58. The summed E-state index contributed by atoms with van der Waals surface area (Å²) in [4.78, 5) is 3.73. The molecule has 3 rings (SSSR count). The van der Waals surface area contributed by atoms with Gasteiger partial charge < -0.3 is 0 Å². The second-order valence-electron chi connectivity index (χ2n) is 5.58. The zero-order chi connectivity index (χ0) is 19.3. The normalized spacial score (nSPS) is 18.2. The van der Waals surface area contributed by atoms with E-state index in [1.807, 2.05) is 0 Å².